The number of rotatable bonds is 6. The summed E-state index contributed by atoms with van der Waals surface area (Å²) in [4.78, 5) is 9.33. The molecule has 1 unspecified atom stereocenters. The fourth-order valence-corrected chi connectivity index (χ4v) is 7.67. The fraction of sp³-hybridized carbons (Fsp3) is 0.478. The molecule has 11 nitrogen and oxygen atoms in total. The van der Waals surface area contributed by atoms with Crippen molar-refractivity contribution >= 4 is 38.6 Å². The third kappa shape index (κ3) is 3.99. The van der Waals surface area contributed by atoms with Gasteiger partial charge in [-0.1, -0.05) is 0 Å². The van der Waals surface area contributed by atoms with Crippen LogP contribution in [-0.2, 0) is 10.2 Å². The van der Waals surface area contributed by atoms with Crippen molar-refractivity contribution in [3.63, 3.8) is 0 Å². The number of fused-ring (bicyclic) bond motifs is 3. The van der Waals surface area contributed by atoms with Crippen LogP contribution in [0.2, 0.25) is 0 Å². The second-order valence-electron chi connectivity index (χ2n) is 9.67. The van der Waals surface area contributed by atoms with Crippen LogP contribution in [0.15, 0.2) is 30.5 Å². The highest BCUT2D eigenvalue weighted by atomic mass is 32.2. The predicted molar refractivity (Wildman–Crippen MR) is 131 cm³/mol. The average Bonchev–Trinajstić information content (AvgIpc) is 3.33. The number of nitriles is 1. The number of piperidine rings is 1. The summed E-state index contributed by atoms with van der Waals surface area (Å²) in [6.07, 6.45) is 4.89. The van der Waals surface area contributed by atoms with Gasteiger partial charge in [0.1, 0.15) is 11.6 Å². The smallest absolute Gasteiger partial charge is 0.282 e. The standard InChI is InChI=1S/C23H27N9O2S/c1-14-7-22(30-29-14)27-21-10-20-19(3-2-6-25-20)23(28-21)26-16-8-17-4-5-18(9-16)32(17)35(33,34)31-12-15(11-24)13-31/h2-3,6-7,10,15-18H,4-5,8-9,12-13H2,1H3,(H3,26,27,28,29,30)/t16?,17-,18+. The number of H-pyrrole nitrogens is 1. The zero-order valence-corrected chi connectivity index (χ0v) is 20.2. The summed E-state index contributed by atoms with van der Waals surface area (Å²) in [6.45, 7) is 2.54. The second kappa shape index (κ2) is 8.44. The summed E-state index contributed by atoms with van der Waals surface area (Å²) < 4.78 is 29.6. The van der Waals surface area contributed by atoms with Gasteiger partial charge in [0, 0.05) is 60.6 Å². The van der Waals surface area contributed by atoms with E-state index in [2.05, 4.69) is 31.9 Å². The van der Waals surface area contributed by atoms with Crippen LogP contribution in [-0.4, -0.2) is 68.4 Å². The number of pyridine rings is 2. The van der Waals surface area contributed by atoms with E-state index in [0.717, 1.165) is 35.3 Å². The molecule has 3 fully saturated rings. The maximum atomic E-state index is 13.2. The summed E-state index contributed by atoms with van der Waals surface area (Å²) in [5, 5.41) is 23.9. The van der Waals surface area contributed by atoms with E-state index in [4.69, 9.17) is 10.2 Å². The van der Waals surface area contributed by atoms with Crippen molar-refractivity contribution in [2.24, 2.45) is 5.92 Å². The van der Waals surface area contributed by atoms with Crippen molar-refractivity contribution in [1.82, 2.24) is 28.8 Å². The van der Waals surface area contributed by atoms with E-state index in [-0.39, 0.29) is 24.0 Å². The van der Waals surface area contributed by atoms with Gasteiger partial charge in [-0.25, -0.2) is 4.98 Å². The van der Waals surface area contributed by atoms with Crippen molar-refractivity contribution in [2.75, 3.05) is 23.7 Å². The van der Waals surface area contributed by atoms with E-state index < -0.39 is 10.2 Å². The molecule has 3 saturated heterocycles. The molecule has 3 aliphatic rings. The first-order valence-electron chi connectivity index (χ1n) is 11.9. The Hall–Kier alpha value is -3.27. The molecule has 182 valence electrons. The molecule has 3 aromatic heterocycles. The van der Waals surface area contributed by atoms with Crippen LogP contribution in [0.5, 0.6) is 0 Å². The molecule has 0 spiro atoms. The van der Waals surface area contributed by atoms with Gasteiger partial charge in [0.2, 0.25) is 0 Å². The van der Waals surface area contributed by atoms with Crippen LogP contribution in [0.1, 0.15) is 31.4 Å². The van der Waals surface area contributed by atoms with Gasteiger partial charge in [0.05, 0.1) is 17.5 Å². The highest BCUT2D eigenvalue weighted by Gasteiger charge is 2.51. The number of nitrogens with zero attached hydrogens (tertiary/aromatic N) is 6. The molecule has 0 aliphatic carbocycles. The summed E-state index contributed by atoms with van der Waals surface area (Å²) in [7, 11) is -3.53. The molecular formula is C23H27N9O2S. The van der Waals surface area contributed by atoms with Crippen LogP contribution >= 0.6 is 0 Å². The van der Waals surface area contributed by atoms with Gasteiger partial charge in [-0.2, -0.15) is 27.4 Å². The summed E-state index contributed by atoms with van der Waals surface area (Å²) in [5.41, 5.74) is 1.76. The molecular weight excluding hydrogens is 466 g/mol. The van der Waals surface area contributed by atoms with Crippen molar-refractivity contribution in [2.45, 2.75) is 50.7 Å². The minimum Gasteiger partial charge on any atom is -0.367 e. The lowest BCUT2D eigenvalue weighted by Gasteiger charge is -2.44. The Morgan fingerprint density at radius 3 is 2.63 bits per heavy atom. The van der Waals surface area contributed by atoms with Gasteiger partial charge in [-0.05, 0) is 44.7 Å². The van der Waals surface area contributed by atoms with E-state index in [1.54, 1.807) is 10.5 Å². The van der Waals surface area contributed by atoms with E-state index in [1.165, 1.54) is 4.31 Å². The third-order valence-corrected chi connectivity index (χ3v) is 9.27. The Morgan fingerprint density at radius 1 is 1.17 bits per heavy atom. The molecule has 3 N–H and O–H groups in total. The Balaban J connectivity index is 1.22. The van der Waals surface area contributed by atoms with Crippen LogP contribution in [0, 0.1) is 24.2 Å². The van der Waals surface area contributed by atoms with E-state index in [0.29, 0.717) is 37.6 Å². The number of hydrogen-bond acceptors (Lipinski definition) is 8. The Bertz CT molecular complexity index is 1400. The Kier molecular flexibility index (Phi) is 5.36. The Morgan fingerprint density at radius 2 is 1.94 bits per heavy atom. The number of anilines is 3. The van der Waals surface area contributed by atoms with Crippen LogP contribution in [0.4, 0.5) is 17.5 Å². The number of aryl methyl sites for hydroxylation is 1. The Labute approximate surface area is 203 Å². The SMILES string of the molecule is Cc1cc(Nc2cc3ncccc3c(NC3C[C@H]4CC[C@@H](C3)N4S(=O)(=O)N3CC(C#N)C3)n2)n[nH]1. The molecule has 3 aromatic rings. The van der Waals surface area contributed by atoms with Crippen LogP contribution in [0.25, 0.3) is 10.9 Å². The molecule has 3 atom stereocenters. The topological polar surface area (TPSA) is 143 Å². The first-order chi connectivity index (χ1) is 16.9. The van der Waals surface area contributed by atoms with Crippen molar-refractivity contribution in [3.8, 4) is 6.07 Å². The van der Waals surface area contributed by atoms with E-state index in [1.807, 2.05) is 31.2 Å². The molecule has 35 heavy (non-hydrogen) atoms. The summed E-state index contributed by atoms with van der Waals surface area (Å²) in [5.74, 6) is 1.85. The van der Waals surface area contributed by atoms with Gasteiger partial charge < -0.3 is 10.6 Å². The van der Waals surface area contributed by atoms with E-state index >= 15 is 0 Å². The number of hydrogen-bond donors (Lipinski definition) is 3. The maximum Gasteiger partial charge on any atom is 0.282 e. The lowest BCUT2D eigenvalue weighted by Crippen LogP contribution is -2.59. The first-order valence-corrected chi connectivity index (χ1v) is 13.3. The largest absolute Gasteiger partial charge is 0.367 e. The molecule has 2 bridgehead atoms. The minimum absolute atomic E-state index is 0.0462. The normalized spacial score (nSPS) is 25.3. The summed E-state index contributed by atoms with van der Waals surface area (Å²) >= 11 is 0. The second-order valence-corrected chi connectivity index (χ2v) is 11.5. The van der Waals surface area contributed by atoms with Crippen LogP contribution in [0.3, 0.4) is 0 Å². The molecule has 12 heteroatoms. The van der Waals surface area contributed by atoms with Crippen molar-refractivity contribution < 1.29 is 8.42 Å². The van der Waals surface area contributed by atoms with Gasteiger partial charge in [-0.15, -0.1) is 0 Å². The lowest BCUT2D eigenvalue weighted by molar-refractivity contribution is 0.182. The molecule has 3 aliphatic heterocycles. The molecule has 0 radical (unpaired) electrons. The molecule has 0 amide bonds. The van der Waals surface area contributed by atoms with Crippen LogP contribution < -0.4 is 10.6 Å². The third-order valence-electron chi connectivity index (χ3n) is 7.19. The average molecular weight is 494 g/mol. The van der Waals surface area contributed by atoms with Gasteiger partial charge in [0.25, 0.3) is 10.2 Å². The van der Waals surface area contributed by atoms with Crippen molar-refractivity contribution in [1.29, 1.82) is 5.26 Å². The molecule has 0 saturated carbocycles. The zero-order valence-electron chi connectivity index (χ0n) is 19.3. The first kappa shape index (κ1) is 22.2. The highest BCUT2D eigenvalue weighted by Crippen LogP contribution is 2.41. The molecule has 0 aromatic carbocycles. The molecule has 6 heterocycles. The predicted octanol–water partition coefficient (Wildman–Crippen LogP) is 2.51. The number of aromatic nitrogens is 4. The molecule has 6 rings (SSSR count). The quantitative estimate of drug-likeness (QED) is 0.475. The van der Waals surface area contributed by atoms with Crippen molar-refractivity contribution in [3.05, 3.63) is 36.2 Å². The minimum atomic E-state index is -3.53. The van der Waals surface area contributed by atoms with E-state index in [9.17, 15) is 8.42 Å². The monoisotopic (exact) mass is 493 g/mol. The van der Waals surface area contributed by atoms with Gasteiger partial charge >= 0.3 is 0 Å². The van der Waals surface area contributed by atoms with Gasteiger partial charge in [-0.3, -0.25) is 10.1 Å². The fourth-order valence-electron chi connectivity index (χ4n) is 5.53. The maximum absolute atomic E-state index is 13.2. The number of nitrogens with one attached hydrogen (secondary N) is 3. The highest BCUT2D eigenvalue weighted by molar-refractivity contribution is 7.86. The lowest BCUT2D eigenvalue weighted by atomic mass is 9.99. The van der Waals surface area contributed by atoms with Gasteiger partial charge in [0.15, 0.2) is 5.82 Å². The zero-order chi connectivity index (χ0) is 24.2. The summed E-state index contributed by atoms with van der Waals surface area (Å²) in [6, 6.07) is 9.84. The number of aromatic amines is 1.